The van der Waals surface area contributed by atoms with Crippen LogP contribution in [0.1, 0.15) is 50.5 Å². The zero-order valence-corrected chi connectivity index (χ0v) is 18.3. The summed E-state index contributed by atoms with van der Waals surface area (Å²) in [5.74, 6) is -0.0253. The molecule has 3 rings (SSSR count). The SMILES string of the molecule is COC(=O)c1cc(C=C(CSC(C)=O)B2OC(C)(C)C(C)(C)O2)cc2[nH]ncc12. The van der Waals surface area contributed by atoms with Crippen LogP contribution in [0.25, 0.3) is 17.0 Å². The van der Waals surface area contributed by atoms with Gasteiger partial charge in [0.1, 0.15) is 0 Å². The first-order valence-corrected chi connectivity index (χ1v) is 10.3. The minimum absolute atomic E-state index is 0.00619. The van der Waals surface area contributed by atoms with Crippen molar-refractivity contribution in [1.82, 2.24) is 10.2 Å². The molecule has 7 nitrogen and oxygen atoms in total. The first kappa shape index (κ1) is 21.6. The Morgan fingerprint density at radius 1 is 1.24 bits per heavy atom. The lowest BCUT2D eigenvalue weighted by atomic mass is 9.78. The summed E-state index contributed by atoms with van der Waals surface area (Å²) in [5.41, 5.74) is 1.70. The van der Waals surface area contributed by atoms with Crippen molar-refractivity contribution in [2.75, 3.05) is 12.9 Å². The van der Waals surface area contributed by atoms with E-state index in [1.807, 2.05) is 39.8 Å². The third-order valence-corrected chi connectivity index (χ3v) is 6.22. The van der Waals surface area contributed by atoms with Crippen LogP contribution in [-0.2, 0) is 18.8 Å². The van der Waals surface area contributed by atoms with Gasteiger partial charge >= 0.3 is 13.1 Å². The fourth-order valence-electron chi connectivity index (χ4n) is 3.01. The smallest absolute Gasteiger partial charge is 0.465 e. The van der Waals surface area contributed by atoms with Crippen molar-refractivity contribution >= 4 is 46.9 Å². The molecule has 0 unspecified atom stereocenters. The van der Waals surface area contributed by atoms with Crippen molar-refractivity contribution in [1.29, 1.82) is 0 Å². The second kappa shape index (κ2) is 7.97. The van der Waals surface area contributed by atoms with E-state index >= 15 is 0 Å². The number of fused-ring (bicyclic) bond motifs is 1. The number of carbonyl (C=O) groups is 2. The number of benzene rings is 1. The molecule has 0 atom stereocenters. The third kappa shape index (κ3) is 4.41. The van der Waals surface area contributed by atoms with E-state index in [0.29, 0.717) is 22.2 Å². The Hall–Kier alpha value is -2.10. The quantitative estimate of drug-likeness (QED) is 0.588. The largest absolute Gasteiger partial charge is 0.491 e. The first-order chi connectivity index (χ1) is 13.5. The van der Waals surface area contributed by atoms with E-state index in [9.17, 15) is 9.59 Å². The van der Waals surface area contributed by atoms with E-state index < -0.39 is 24.3 Å². The molecule has 0 spiro atoms. The zero-order chi connectivity index (χ0) is 21.4. The molecule has 0 bridgehead atoms. The van der Waals surface area contributed by atoms with Crippen LogP contribution in [0, 0.1) is 0 Å². The number of nitrogens with one attached hydrogen (secondary N) is 1. The highest BCUT2D eigenvalue weighted by molar-refractivity contribution is 8.13. The molecule has 154 valence electrons. The van der Waals surface area contributed by atoms with Crippen molar-refractivity contribution in [2.24, 2.45) is 0 Å². The molecule has 1 N–H and O–H groups in total. The maximum absolute atomic E-state index is 12.2. The van der Waals surface area contributed by atoms with Crippen molar-refractivity contribution in [3.8, 4) is 0 Å². The van der Waals surface area contributed by atoms with Crippen molar-refractivity contribution in [3.63, 3.8) is 0 Å². The number of rotatable bonds is 5. The van der Waals surface area contributed by atoms with Gasteiger partial charge in [-0.3, -0.25) is 9.89 Å². The summed E-state index contributed by atoms with van der Waals surface area (Å²) in [5, 5.41) is 7.60. The minimum atomic E-state index is -0.592. The Kier molecular flexibility index (Phi) is 5.94. The van der Waals surface area contributed by atoms with Gasteiger partial charge in [-0.05, 0) is 50.9 Å². The number of hydrogen-bond acceptors (Lipinski definition) is 7. The van der Waals surface area contributed by atoms with Gasteiger partial charge in [-0.2, -0.15) is 5.10 Å². The number of hydrogen-bond donors (Lipinski definition) is 1. The van der Waals surface area contributed by atoms with Gasteiger partial charge in [-0.25, -0.2) is 4.79 Å². The number of H-pyrrole nitrogens is 1. The summed E-state index contributed by atoms with van der Waals surface area (Å²) in [7, 11) is 0.752. The van der Waals surface area contributed by atoms with Crippen LogP contribution in [0.15, 0.2) is 23.8 Å². The van der Waals surface area contributed by atoms with E-state index in [-0.39, 0.29) is 5.12 Å². The maximum Gasteiger partial charge on any atom is 0.491 e. The second-order valence-corrected chi connectivity index (χ2v) is 9.13. The van der Waals surface area contributed by atoms with Gasteiger partial charge in [-0.15, -0.1) is 0 Å². The molecular formula is C20H25BN2O5S. The highest BCUT2D eigenvalue weighted by atomic mass is 32.2. The Morgan fingerprint density at radius 3 is 2.48 bits per heavy atom. The molecule has 1 aliphatic heterocycles. The molecule has 1 aromatic carbocycles. The monoisotopic (exact) mass is 416 g/mol. The molecule has 2 aromatic rings. The number of carbonyl (C=O) groups excluding carboxylic acids is 2. The summed E-state index contributed by atoms with van der Waals surface area (Å²) in [6.45, 7) is 9.45. The molecule has 1 fully saturated rings. The van der Waals surface area contributed by atoms with Gasteiger partial charge in [-0.1, -0.05) is 17.8 Å². The van der Waals surface area contributed by atoms with E-state index in [0.717, 1.165) is 11.0 Å². The number of esters is 1. The van der Waals surface area contributed by atoms with E-state index in [4.69, 9.17) is 14.0 Å². The maximum atomic E-state index is 12.2. The zero-order valence-electron chi connectivity index (χ0n) is 17.5. The van der Waals surface area contributed by atoms with E-state index in [2.05, 4.69) is 10.2 Å². The van der Waals surface area contributed by atoms with Crippen LogP contribution in [0.2, 0.25) is 0 Å². The lowest BCUT2D eigenvalue weighted by Gasteiger charge is -2.32. The van der Waals surface area contributed by atoms with Crippen LogP contribution in [-0.4, -0.2) is 52.5 Å². The van der Waals surface area contributed by atoms with Gasteiger partial charge in [0.05, 0.1) is 35.6 Å². The number of aromatic amines is 1. The molecule has 9 heteroatoms. The van der Waals surface area contributed by atoms with Gasteiger partial charge in [0.2, 0.25) is 0 Å². The van der Waals surface area contributed by atoms with Crippen molar-refractivity contribution in [2.45, 2.75) is 45.8 Å². The van der Waals surface area contributed by atoms with Gasteiger partial charge in [0.25, 0.3) is 0 Å². The average Bonchev–Trinajstić information content (AvgIpc) is 3.18. The fraction of sp³-hybridized carbons (Fsp3) is 0.450. The molecule has 0 saturated carbocycles. The normalized spacial score (nSPS) is 18.3. The Bertz CT molecular complexity index is 966. The van der Waals surface area contributed by atoms with Gasteiger partial charge in [0.15, 0.2) is 5.12 Å². The standard InChI is InChI=1S/C20H25BN2O5S/c1-12(24)29-11-14(21-27-19(2,3)20(4,5)28-21)7-13-8-15(18(25)26-6)16-10-22-23-17(16)9-13/h7-10H,11H2,1-6H3,(H,22,23). The first-order valence-electron chi connectivity index (χ1n) is 9.29. The molecule has 1 aromatic heterocycles. The topological polar surface area (TPSA) is 90.5 Å². The highest BCUT2D eigenvalue weighted by Crippen LogP contribution is 2.39. The van der Waals surface area contributed by atoms with Gasteiger partial charge in [0, 0.05) is 18.1 Å². The molecule has 0 amide bonds. The average molecular weight is 416 g/mol. The molecule has 0 aliphatic carbocycles. The third-order valence-electron chi connectivity index (χ3n) is 5.34. The second-order valence-electron chi connectivity index (χ2n) is 7.98. The number of thioether (sulfide) groups is 1. The summed E-state index contributed by atoms with van der Waals surface area (Å²) in [6.07, 6.45) is 3.49. The van der Waals surface area contributed by atoms with Crippen LogP contribution in [0.3, 0.4) is 0 Å². The Labute approximate surface area is 174 Å². The fourth-order valence-corrected chi connectivity index (χ4v) is 3.60. The number of ether oxygens (including phenoxy) is 1. The lowest BCUT2D eigenvalue weighted by molar-refractivity contribution is -0.109. The predicted molar refractivity (Wildman–Crippen MR) is 115 cm³/mol. The summed E-state index contributed by atoms with van der Waals surface area (Å²) >= 11 is 1.19. The summed E-state index contributed by atoms with van der Waals surface area (Å²) < 4.78 is 17.3. The lowest BCUT2D eigenvalue weighted by Crippen LogP contribution is -2.41. The van der Waals surface area contributed by atoms with Gasteiger partial charge < -0.3 is 14.0 Å². The number of nitrogens with zero attached hydrogens (tertiary/aromatic N) is 1. The molecule has 1 aliphatic rings. The molecule has 29 heavy (non-hydrogen) atoms. The Balaban J connectivity index is 2.04. The van der Waals surface area contributed by atoms with E-state index in [1.54, 1.807) is 12.3 Å². The van der Waals surface area contributed by atoms with Crippen molar-refractivity contribution in [3.05, 3.63) is 34.9 Å². The summed E-state index contributed by atoms with van der Waals surface area (Å²) in [4.78, 5) is 23.8. The van der Waals surface area contributed by atoms with Crippen LogP contribution in [0.4, 0.5) is 0 Å². The number of aromatic nitrogens is 2. The van der Waals surface area contributed by atoms with Crippen LogP contribution in [0.5, 0.6) is 0 Å². The van der Waals surface area contributed by atoms with Crippen molar-refractivity contribution < 1.29 is 23.6 Å². The minimum Gasteiger partial charge on any atom is -0.465 e. The number of methoxy groups -OCH3 is 1. The van der Waals surface area contributed by atoms with Crippen LogP contribution >= 0.6 is 11.8 Å². The molecule has 2 heterocycles. The molecule has 0 radical (unpaired) electrons. The molecular weight excluding hydrogens is 391 g/mol. The predicted octanol–water partition coefficient (Wildman–Crippen LogP) is 3.64. The van der Waals surface area contributed by atoms with Crippen LogP contribution < -0.4 is 0 Å². The van der Waals surface area contributed by atoms with E-state index in [1.165, 1.54) is 25.8 Å². The Morgan fingerprint density at radius 2 is 1.90 bits per heavy atom. The highest BCUT2D eigenvalue weighted by Gasteiger charge is 2.52. The molecule has 1 saturated heterocycles. The summed E-state index contributed by atoms with van der Waals surface area (Å²) in [6, 6.07) is 3.63.